The number of amides is 1. The first kappa shape index (κ1) is 16.2. The Bertz CT molecular complexity index is 744. The van der Waals surface area contributed by atoms with Gasteiger partial charge >= 0.3 is 0 Å². The molecule has 0 N–H and O–H groups in total. The maximum Gasteiger partial charge on any atom is 0.253 e. The van der Waals surface area contributed by atoms with E-state index in [0.29, 0.717) is 23.7 Å². The molecule has 7 nitrogen and oxygen atoms in total. The number of carbonyl (C=O) groups is 1. The summed E-state index contributed by atoms with van der Waals surface area (Å²) in [5.41, 5.74) is 1.50. The van der Waals surface area contributed by atoms with Crippen LogP contribution < -0.4 is 0 Å². The Morgan fingerprint density at radius 3 is 2.80 bits per heavy atom. The number of likely N-dealkylation sites (tertiary alicyclic amines) is 1. The van der Waals surface area contributed by atoms with Crippen LogP contribution >= 0.6 is 0 Å². The summed E-state index contributed by atoms with van der Waals surface area (Å²) in [6.45, 7) is 6.18. The first-order valence-corrected chi connectivity index (χ1v) is 9.03. The van der Waals surface area contributed by atoms with E-state index in [4.69, 9.17) is 0 Å². The number of tetrazole rings is 1. The molecule has 1 aromatic carbocycles. The lowest BCUT2D eigenvalue weighted by Gasteiger charge is -2.32. The van der Waals surface area contributed by atoms with Crippen LogP contribution in [-0.2, 0) is 0 Å². The van der Waals surface area contributed by atoms with Crippen molar-refractivity contribution in [3.05, 3.63) is 36.2 Å². The Morgan fingerprint density at radius 2 is 2.04 bits per heavy atom. The zero-order valence-electron chi connectivity index (χ0n) is 14.7. The zero-order chi connectivity index (χ0) is 17.4. The van der Waals surface area contributed by atoms with E-state index in [1.807, 2.05) is 29.2 Å². The van der Waals surface area contributed by atoms with Gasteiger partial charge in [0.15, 0.2) is 0 Å². The molecule has 2 aromatic rings. The quantitative estimate of drug-likeness (QED) is 0.851. The average molecular weight is 340 g/mol. The molecule has 1 amide bonds. The second-order valence-corrected chi connectivity index (χ2v) is 7.27. The highest BCUT2D eigenvalue weighted by Gasteiger charge is 2.39. The molecule has 0 saturated carbocycles. The van der Waals surface area contributed by atoms with Crippen LogP contribution in [0.4, 0.5) is 0 Å². The maximum atomic E-state index is 13.1. The lowest BCUT2D eigenvalue weighted by Crippen LogP contribution is -2.44. The maximum absolute atomic E-state index is 13.1. The average Bonchev–Trinajstić information content (AvgIpc) is 3.22. The molecule has 0 aliphatic carbocycles. The van der Waals surface area contributed by atoms with Crippen molar-refractivity contribution in [2.24, 2.45) is 0 Å². The summed E-state index contributed by atoms with van der Waals surface area (Å²) in [5, 5.41) is 11.2. The molecule has 25 heavy (non-hydrogen) atoms. The molecule has 7 heteroatoms. The van der Waals surface area contributed by atoms with Crippen molar-refractivity contribution in [3.63, 3.8) is 0 Å². The third-order valence-electron chi connectivity index (χ3n) is 5.43. The molecule has 4 rings (SSSR count). The summed E-state index contributed by atoms with van der Waals surface area (Å²) in [6, 6.07) is 9.17. The number of aromatic nitrogens is 4. The van der Waals surface area contributed by atoms with Gasteiger partial charge in [0, 0.05) is 36.8 Å². The topological polar surface area (TPSA) is 67.2 Å². The zero-order valence-corrected chi connectivity index (χ0v) is 14.7. The molecule has 3 heterocycles. The number of fused-ring (bicyclic) bond motifs is 2. The number of nitrogens with zero attached hydrogens (tertiary/aromatic N) is 6. The second kappa shape index (κ2) is 6.55. The van der Waals surface area contributed by atoms with E-state index in [9.17, 15) is 4.79 Å². The van der Waals surface area contributed by atoms with Crippen LogP contribution in [0, 0.1) is 0 Å². The monoisotopic (exact) mass is 340 g/mol. The fourth-order valence-corrected chi connectivity index (χ4v) is 4.38. The molecule has 1 aromatic heterocycles. The summed E-state index contributed by atoms with van der Waals surface area (Å²) in [4.78, 5) is 17.7. The van der Waals surface area contributed by atoms with Crippen molar-refractivity contribution in [2.75, 3.05) is 13.1 Å². The van der Waals surface area contributed by atoms with Crippen LogP contribution in [0.3, 0.4) is 0 Å². The Hall–Kier alpha value is -2.28. The van der Waals surface area contributed by atoms with Gasteiger partial charge in [-0.25, -0.2) is 4.68 Å². The number of rotatable bonds is 3. The van der Waals surface area contributed by atoms with Crippen LogP contribution in [0.25, 0.3) is 5.69 Å². The third-order valence-corrected chi connectivity index (χ3v) is 5.43. The van der Waals surface area contributed by atoms with E-state index in [0.717, 1.165) is 25.2 Å². The van der Waals surface area contributed by atoms with Crippen LogP contribution in [0.5, 0.6) is 0 Å². The van der Waals surface area contributed by atoms with Gasteiger partial charge in [-0.3, -0.25) is 9.69 Å². The first-order valence-electron chi connectivity index (χ1n) is 9.03. The minimum Gasteiger partial charge on any atom is -0.337 e. The molecule has 2 saturated heterocycles. The largest absolute Gasteiger partial charge is 0.337 e. The number of benzene rings is 1. The molecule has 0 radical (unpaired) electrons. The van der Waals surface area contributed by atoms with Crippen molar-refractivity contribution >= 4 is 5.91 Å². The molecule has 2 aliphatic heterocycles. The van der Waals surface area contributed by atoms with Crippen molar-refractivity contribution in [1.82, 2.24) is 30.0 Å². The molecule has 2 bridgehead atoms. The molecule has 132 valence electrons. The van der Waals surface area contributed by atoms with Gasteiger partial charge in [-0.15, -0.1) is 5.10 Å². The highest BCUT2D eigenvalue weighted by atomic mass is 16.2. The molecule has 2 aliphatic rings. The van der Waals surface area contributed by atoms with Crippen LogP contribution in [0.1, 0.15) is 43.5 Å². The van der Waals surface area contributed by atoms with Gasteiger partial charge in [0.05, 0.1) is 5.69 Å². The molecular weight excluding hydrogens is 316 g/mol. The van der Waals surface area contributed by atoms with Gasteiger partial charge in [0.25, 0.3) is 5.91 Å². The van der Waals surface area contributed by atoms with Crippen molar-refractivity contribution in [3.8, 4) is 5.69 Å². The van der Waals surface area contributed by atoms with Gasteiger partial charge in [0.2, 0.25) is 0 Å². The van der Waals surface area contributed by atoms with E-state index in [1.165, 1.54) is 19.2 Å². The molecule has 0 spiro atoms. The molecular formula is C18H24N6O. The van der Waals surface area contributed by atoms with Gasteiger partial charge in [-0.1, -0.05) is 6.07 Å². The van der Waals surface area contributed by atoms with Crippen LogP contribution in [-0.4, -0.2) is 67.1 Å². The highest BCUT2D eigenvalue weighted by Crippen LogP contribution is 2.32. The van der Waals surface area contributed by atoms with E-state index < -0.39 is 0 Å². The summed E-state index contributed by atoms with van der Waals surface area (Å²) in [7, 11) is 0. The Labute approximate surface area is 147 Å². The highest BCUT2D eigenvalue weighted by molar-refractivity contribution is 5.94. The minimum atomic E-state index is 0.103. The summed E-state index contributed by atoms with van der Waals surface area (Å²) < 4.78 is 1.57. The lowest BCUT2D eigenvalue weighted by molar-refractivity contribution is 0.0728. The Kier molecular flexibility index (Phi) is 4.25. The predicted octanol–water partition coefficient (Wildman–Crippen LogP) is 1.75. The van der Waals surface area contributed by atoms with Gasteiger partial charge in [-0.05, 0) is 61.7 Å². The van der Waals surface area contributed by atoms with Crippen LogP contribution in [0.2, 0.25) is 0 Å². The van der Waals surface area contributed by atoms with E-state index in [-0.39, 0.29) is 5.91 Å². The van der Waals surface area contributed by atoms with Gasteiger partial charge in [0.1, 0.15) is 6.33 Å². The minimum absolute atomic E-state index is 0.103. The summed E-state index contributed by atoms with van der Waals surface area (Å²) in [6.07, 6.45) is 5.05. The Balaban J connectivity index is 1.55. The van der Waals surface area contributed by atoms with E-state index in [1.54, 1.807) is 4.68 Å². The first-order chi connectivity index (χ1) is 12.1. The standard InChI is InChI=1S/C18H24N6O/c1-13(2)24-15-6-7-17(24)11-22(9-8-15)18(25)14-4-3-5-16(10-14)23-12-19-20-21-23/h3-5,10,12-13,15,17H,6-9,11H2,1-2H3/t15-,17-/m0/s1. The molecule has 0 unspecified atom stereocenters. The fraction of sp³-hybridized carbons (Fsp3) is 0.556. The smallest absolute Gasteiger partial charge is 0.253 e. The van der Waals surface area contributed by atoms with Crippen molar-refractivity contribution in [2.45, 2.75) is 51.2 Å². The van der Waals surface area contributed by atoms with Gasteiger partial charge < -0.3 is 4.90 Å². The molecule has 2 atom stereocenters. The number of hydrogen-bond donors (Lipinski definition) is 0. The van der Waals surface area contributed by atoms with Crippen molar-refractivity contribution < 1.29 is 4.79 Å². The fourth-order valence-electron chi connectivity index (χ4n) is 4.38. The summed E-state index contributed by atoms with van der Waals surface area (Å²) >= 11 is 0. The summed E-state index contributed by atoms with van der Waals surface area (Å²) in [5.74, 6) is 0.103. The second-order valence-electron chi connectivity index (χ2n) is 7.27. The van der Waals surface area contributed by atoms with Crippen molar-refractivity contribution in [1.29, 1.82) is 0 Å². The van der Waals surface area contributed by atoms with E-state index >= 15 is 0 Å². The predicted molar refractivity (Wildman–Crippen MR) is 93.5 cm³/mol. The number of hydrogen-bond acceptors (Lipinski definition) is 5. The van der Waals surface area contributed by atoms with Crippen LogP contribution in [0.15, 0.2) is 30.6 Å². The number of carbonyl (C=O) groups excluding carboxylic acids is 1. The van der Waals surface area contributed by atoms with Gasteiger partial charge in [-0.2, -0.15) is 0 Å². The SMILES string of the molecule is CC(C)N1[C@H]2CC[C@H]1CN(C(=O)c1cccc(-n3cnnn3)c1)CC2. The lowest BCUT2D eigenvalue weighted by atomic mass is 10.1. The normalized spacial score (nSPS) is 23.9. The molecule has 2 fully saturated rings. The third kappa shape index (κ3) is 3.04. The van der Waals surface area contributed by atoms with E-state index in [2.05, 4.69) is 34.3 Å². The Morgan fingerprint density at radius 1 is 1.20 bits per heavy atom.